The molecule has 0 saturated carbocycles. The summed E-state index contributed by atoms with van der Waals surface area (Å²) >= 11 is 0. The fourth-order valence-electron chi connectivity index (χ4n) is 1.33. The molecule has 0 bridgehead atoms. The number of nitrogens with zero attached hydrogens (tertiary/aromatic N) is 2. The third kappa shape index (κ3) is 1.14. The topological polar surface area (TPSA) is 67.5 Å². The summed E-state index contributed by atoms with van der Waals surface area (Å²) in [6.45, 7) is 1.69. The molecule has 1 aromatic heterocycles. The van der Waals surface area contributed by atoms with Gasteiger partial charge < -0.3 is 19.4 Å². The highest BCUT2D eigenvalue weighted by atomic mass is 16.5. The van der Waals surface area contributed by atoms with Crippen LogP contribution in [0.3, 0.4) is 0 Å². The monoisotopic (exact) mass is 168 g/mol. The maximum Gasteiger partial charge on any atom is 0.507 e. The van der Waals surface area contributed by atoms with Gasteiger partial charge in [-0.25, -0.2) is 4.98 Å². The molecule has 0 amide bonds. The Balaban J connectivity index is 2.38. The third-order valence-electron chi connectivity index (χ3n) is 1.92. The Kier molecular flexibility index (Phi) is 1.88. The van der Waals surface area contributed by atoms with Crippen molar-refractivity contribution in [1.29, 1.82) is 0 Å². The highest BCUT2D eigenvalue weighted by Crippen LogP contribution is 2.04. The molecule has 0 atom stereocenters. The second kappa shape index (κ2) is 2.89. The van der Waals surface area contributed by atoms with Crippen LogP contribution in [0, 0.1) is 0 Å². The van der Waals surface area contributed by atoms with Gasteiger partial charge in [0.25, 0.3) is 0 Å². The molecular weight excluding hydrogens is 159 g/mol. The summed E-state index contributed by atoms with van der Waals surface area (Å²) < 4.78 is 6.91. The van der Waals surface area contributed by atoms with E-state index in [0.29, 0.717) is 25.4 Å². The van der Waals surface area contributed by atoms with Crippen LogP contribution in [-0.2, 0) is 17.9 Å². The van der Waals surface area contributed by atoms with Crippen LogP contribution in [0.5, 0.6) is 0 Å². The van der Waals surface area contributed by atoms with E-state index in [1.54, 1.807) is 4.57 Å². The van der Waals surface area contributed by atoms with E-state index < -0.39 is 7.12 Å². The van der Waals surface area contributed by atoms with Crippen molar-refractivity contribution in [2.75, 3.05) is 6.61 Å². The molecule has 0 saturated heterocycles. The van der Waals surface area contributed by atoms with Crippen LogP contribution in [0.1, 0.15) is 5.82 Å². The number of rotatable bonds is 1. The van der Waals surface area contributed by atoms with Crippen LogP contribution in [0.2, 0.25) is 0 Å². The van der Waals surface area contributed by atoms with Gasteiger partial charge in [0.15, 0.2) is 0 Å². The van der Waals surface area contributed by atoms with E-state index in [0.717, 1.165) is 5.82 Å². The molecule has 5 nitrogen and oxygen atoms in total. The molecule has 0 fully saturated rings. The summed E-state index contributed by atoms with van der Waals surface area (Å²) in [5.74, 6) is 0.754. The van der Waals surface area contributed by atoms with Crippen molar-refractivity contribution in [3.63, 3.8) is 0 Å². The smallest absolute Gasteiger partial charge is 0.422 e. The normalized spacial score (nSPS) is 15.8. The van der Waals surface area contributed by atoms with Gasteiger partial charge >= 0.3 is 7.12 Å². The van der Waals surface area contributed by atoms with Crippen molar-refractivity contribution in [2.24, 2.45) is 0 Å². The van der Waals surface area contributed by atoms with Gasteiger partial charge in [0.2, 0.25) is 0 Å². The standard InChI is InChI=1S/C6H9BN2O3/c10-7(11)5-3-8-6-4-12-2-1-9(5)6/h3,10-11H,1-2,4H2. The minimum atomic E-state index is -1.44. The zero-order chi connectivity index (χ0) is 8.55. The van der Waals surface area contributed by atoms with Crippen LogP contribution < -0.4 is 5.59 Å². The average Bonchev–Trinajstić information content (AvgIpc) is 2.47. The predicted octanol–water partition coefficient (Wildman–Crippen LogP) is -1.91. The largest absolute Gasteiger partial charge is 0.507 e. The van der Waals surface area contributed by atoms with E-state index in [4.69, 9.17) is 14.8 Å². The molecule has 64 valence electrons. The maximum absolute atomic E-state index is 8.92. The zero-order valence-electron chi connectivity index (χ0n) is 6.47. The fraction of sp³-hybridized carbons (Fsp3) is 0.500. The van der Waals surface area contributed by atoms with E-state index in [-0.39, 0.29) is 0 Å². The Morgan fingerprint density at radius 1 is 1.58 bits per heavy atom. The van der Waals surface area contributed by atoms with Crippen LogP contribution in [0.4, 0.5) is 0 Å². The number of hydrogen-bond acceptors (Lipinski definition) is 4. The molecule has 0 unspecified atom stereocenters. The highest BCUT2D eigenvalue weighted by molar-refractivity contribution is 6.57. The van der Waals surface area contributed by atoms with Gasteiger partial charge in [-0.15, -0.1) is 0 Å². The summed E-state index contributed by atoms with van der Waals surface area (Å²) in [7, 11) is -1.44. The van der Waals surface area contributed by atoms with Crippen molar-refractivity contribution >= 4 is 12.7 Å². The quantitative estimate of drug-likeness (QED) is 0.480. The lowest BCUT2D eigenvalue weighted by atomic mass is 9.87. The van der Waals surface area contributed by atoms with Crippen molar-refractivity contribution in [2.45, 2.75) is 13.2 Å². The zero-order valence-corrected chi connectivity index (χ0v) is 6.47. The van der Waals surface area contributed by atoms with Crippen molar-refractivity contribution < 1.29 is 14.8 Å². The number of imidazole rings is 1. The Morgan fingerprint density at radius 3 is 3.17 bits per heavy atom. The Labute approximate surface area is 69.8 Å². The molecule has 2 heterocycles. The van der Waals surface area contributed by atoms with Crippen molar-refractivity contribution in [3.05, 3.63) is 12.0 Å². The molecule has 0 radical (unpaired) electrons. The molecule has 1 aromatic rings. The molecule has 0 aromatic carbocycles. The van der Waals surface area contributed by atoms with Gasteiger partial charge in [-0.2, -0.15) is 0 Å². The van der Waals surface area contributed by atoms with E-state index in [2.05, 4.69) is 4.98 Å². The van der Waals surface area contributed by atoms with Crippen molar-refractivity contribution in [3.8, 4) is 0 Å². The molecule has 0 aliphatic carbocycles. The van der Waals surface area contributed by atoms with Gasteiger partial charge in [0.05, 0.1) is 12.2 Å². The van der Waals surface area contributed by atoms with Gasteiger partial charge in [0, 0.05) is 12.7 Å². The number of hydrogen-bond donors (Lipinski definition) is 2. The molecule has 2 N–H and O–H groups in total. The second-order valence-corrected chi connectivity index (χ2v) is 2.68. The molecular formula is C6H9BN2O3. The van der Waals surface area contributed by atoms with Gasteiger partial charge in [-0.1, -0.05) is 0 Å². The van der Waals surface area contributed by atoms with E-state index >= 15 is 0 Å². The lowest BCUT2D eigenvalue weighted by Gasteiger charge is -2.16. The first-order valence-corrected chi connectivity index (χ1v) is 3.77. The molecule has 2 rings (SSSR count). The second-order valence-electron chi connectivity index (χ2n) is 2.68. The number of ether oxygens (including phenoxy) is 1. The lowest BCUT2D eigenvalue weighted by molar-refractivity contribution is 0.0823. The Hall–Kier alpha value is -0.845. The summed E-state index contributed by atoms with van der Waals surface area (Å²) in [4.78, 5) is 4.00. The minimum absolute atomic E-state index is 0.438. The summed E-state index contributed by atoms with van der Waals surface area (Å²) in [5.41, 5.74) is 0.438. The summed E-state index contributed by atoms with van der Waals surface area (Å²) in [6, 6.07) is 0. The Morgan fingerprint density at radius 2 is 2.42 bits per heavy atom. The summed E-state index contributed by atoms with van der Waals surface area (Å²) in [5, 5.41) is 17.8. The van der Waals surface area contributed by atoms with Gasteiger partial charge in [0.1, 0.15) is 12.4 Å². The predicted molar refractivity (Wildman–Crippen MR) is 41.7 cm³/mol. The summed E-state index contributed by atoms with van der Waals surface area (Å²) in [6.07, 6.45) is 1.47. The number of aromatic nitrogens is 2. The molecule has 12 heavy (non-hydrogen) atoms. The first-order valence-electron chi connectivity index (χ1n) is 3.77. The molecule has 1 aliphatic heterocycles. The SMILES string of the molecule is OB(O)c1cnc2n1CCOC2. The van der Waals surface area contributed by atoms with Crippen LogP contribution >= 0.6 is 0 Å². The fourth-order valence-corrected chi connectivity index (χ4v) is 1.33. The van der Waals surface area contributed by atoms with Gasteiger partial charge in [-0.3, -0.25) is 0 Å². The molecule has 0 spiro atoms. The van der Waals surface area contributed by atoms with Crippen LogP contribution in [-0.4, -0.2) is 33.3 Å². The number of fused-ring (bicyclic) bond motifs is 1. The van der Waals surface area contributed by atoms with E-state index in [1.165, 1.54) is 6.20 Å². The third-order valence-corrected chi connectivity index (χ3v) is 1.92. The first-order chi connectivity index (χ1) is 5.79. The minimum Gasteiger partial charge on any atom is -0.422 e. The highest BCUT2D eigenvalue weighted by Gasteiger charge is 2.21. The average molecular weight is 168 g/mol. The maximum atomic E-state index is 8.92. The molecule has 6 heteroatoms. The van der Waals surface area contributed by atoms with Crippen molar-refractivity contribution in [1.82, 2.24) is 9.55 Å². The van der Waals surface area contributed by atoms with Crippen LogP contribution in [0.25, 0.3) is 0 Å². The van der Waals surface area contributed by atoms with Gasteiger partial charge in [-0.05, 0) is 0 Å². The lowest BCUT2D eigenvalue weighted by Crippen LogP contribution is -2.38. The molecule has 1 aliphatic rings. The Bertz CT molecular complexity index is 286. The first kappa shape index (κ1) is 7.79. The van der Waals surface area contributed by atoms with Crippen LogP contribution in [0.15, 0.2) is 6.20 Å². The van der Waals surface area contributed by atoms with E-state index in [1.807, 2.05) is 0 Å². The van der Waals surface area contributed by atoms with E-state index in [9.17, 15) is 0 Å².